The zero-order valence-corrected chi connectivity index (χ0v) is 24.6. The lowest BCUT2D eigenvalue weighted by Gasteiger charge is -2.07. The van der Waals surface area contributed by atoms with E-state index in [-0.39, 0.29) is 24.3 Å². The van der Waals surface area contributed by atoms with Gasteiger partial charge in [-0.25, -0.2) is 0 Å². The van der Waals surface area contributed by atoms with Crippen molar-refractivity contribution in [3.63, 3.8) is 0 Å². The molecule has 194 valence electrons. The fraction of sp³-hybridized carbons (Fsp3) is 0.815. The van der Waals surface area contributed by atoms with Gasteiger partial charge in [0, 0.05) is 6.42 Å². The highest BCUT2D eigenvalue weighted by Crippen LogP contribution is 2.10. The summed E-state index contributed by atoms with van der Waals surface area (Å²) < 4.78 is 5.12. The molecule has 0 amide bonds. The van der Waals surface area contributed by atoms with Crippen molar-refractivity contribution in [2.24, 2.45) is 0 Å². The number of hydrogen-bond donors (Lipinski definition) is 1. The number of ketones is 1. The van der Waals surface area contributed by atoms with E-state index in [0.29, 0.717) is 6.42 Å². The average Bonchev–Trinajstić information content (AvgIpc) is 2.70. The summed E-state index contributed by atoms with van der Waals surface area (Å²) in [6, 6.07) is 0. The lowest BCUT2D eigenvalue weighted by Crippen LogP contribution is -2.10. The molecule has 0 atom stereocenters. The van der Waals surface area contributed by atoms with Crippen LogP contribution in [0.25, 0.3) is 0 Å². The van der Waals surface area contributed by atoms with Crippen LogP contribution < -0.4 is 0 Å². The molecule has 0 radical (unpaired) electrons. The molecule has 33 heavy (non-hydrogen) atoms. The summed E-state index contributed by atoms with van der Waals surface area (Å²) in [5.41, 5.74) is 0. The Morgan fingerprint density at radius 1 is 0.818 bits per heavy atom. The van der Waals surface area contributed by atoms with Gasteiger partial charge in [0.2, 0.25) is 16.3 Å². The quantitative estimate of drug-likeness (QED) is 0.0739. The maximum atomic E-state index is 11.4. The number of carboxylic acids is 1. The predicted molar refractivity (Wildman–Crippen MR) is 143 cm³/mol. The Morgan fingerprint density at radius 2 is 1.24 bits per heavy atom. The summed E-state index contributed by atoms with van der Waals surface area (Å²) in [7, 11) is 0. The molecular weight excluding hydrogens is 431 g/mol. The van der Waals surface area contributed by atoms with Crippen molar-refractivity contribution in [1.29, 1.82) is 0 Å². The summed E-state index contributed by atoms with van der Waals surface area (Å²) in [4.78, 5) is 30.8. The Hall–Kier alpha value is -1.12. The van der Waals surface area contributed by atoms with Crippen molar-refractivity contribution in [3.05, 3.63) is 12.2 Å². The number of aliphatic carboxylic acids is 1. The third-order valence-electron chi connectivity index (χ3n) is 4.41. The number of carbonyl (C=O) groups is 3. The van der Waals surface area contributed by atoms with Crippen LogP contribution in [0.4, 0.5) is 0 Å². The van der Waals surface area contributed by atoms with Gasteiger partial charge in [0.05, 0.1) is 6.10 Å². The Morgan fingerprint density at radius 3 is 1.61 bits per heavy atom. The average molecular weight is 485 g/mol. The first-order valence-corrected chi connectivity index (χ1v) is 14.7. The van der Waals surface area contributed by atoms with E-state index >= 15 is 0 Å². The van der Waals surface area contributed by atoms with Crippen LogP contribution in [0.15, 0.2) is 12.2 Å². The number of unbranched alkanes of at least 4 members (excludes halogenated alkanes) is 11. The minimum Gasteiger partial charge on any atom is -0.481 e. The van der Waals surface area contributed by atoms with Crippen LogP contribution in [0, 0.1) is 0 Å². The fourth-order valence-electron chi connectivity index (χ4n) is 2.87. The predicted octanol–water partition coefficient (Wildman–Crippen LogP) is 7.08. The maximum absolute atomic E-state index is 11.4. The zero-order valence-electron chi connectivity index (χ0n) is 22.6. The Bertz CT molecular complexity index is 463. The maximum Gasteiger partial charge on any atom is 0.310 e. The third kappa shape index (κ3) is 45.2. The van der Waals surface area contributed by atoms with E-state index < -0.39 is 5.97 Å². The standard InChI is InChI=1S/C21H40O2.C4H6O3.C2H5.Al.2H/c1-4-5-6-7-8-9-10-11-12-13-14-15-16-17-18-19-21(22)23-20(2)3;1-3(5)2-4(6)7;1-2;;;/h11-12,20H,4-10,13-19H2,1-3H3;2H2,1H3,(H,6,7);1H2,2H3;;;/b12-11-;;;;;. The van der Waals surface area contributed by atoms with Crippen molar-refractivity contribution >= 4 is 34.0 Å². The van der Waals surface area contributed by atoms with Crippen LogP contribution in [0.3, 0.4) is 0 Å². The smallest absolute Gasteiger partial charge is 0.310 e. The summed E-state index contributed by atoms with van der Waals surface area (Å²) >= 11 is 1.37. The second-order valence-corrected chi connectivity index (χ2v) is 10.3. The van der Waals surface area contributed by atoms with Crippen molar-refractivity contribution in [2.75, 3.05) is 0 Å². The molecule has 0 aromatic carbocycles. The molecule has 5 nitrogen and oxygen atoms in total. The lowest BCUT2D eigenvalue weighted by atomic mass is 10.1. The van der Waals surface area contributed by atoms with Gasteiger partial charge in [-0.1, -0.05) is 77.4 Å². The highest BCUT2D eigenvalue weighted by Gasteiger charge is 2.04. The largest absolute Gasteiger partial charge is 0.481 e. The van der Waals surface area contributed by atoms with Crippen molar-refractivity contribution < 1.29 is 24.2 Å². The molecule has 1 N–H and O–H groups in total. The molecule has 6 heteroatoms. The van der Waals surface area contributed by atoms with Crippen LogP contribution >= 0.6 is 0 Å². The Labute approximate surface area is 212 Å². The summed E-state index contributed by atoms with van der Waals surface area (Å²) in [6.07, 6.45) is 21.6. The second-order valence-electron chi connectivity index (χ2n) is 8.85. The zero-order chi connectivity index (χ0) is 25.7. The minimum atomic E-state index is -1.06. The molecule has 0 spiro atoms. The normalized spacial score (nSPS) is 10.2. The number of ether oxygens (including phenoxy) is 1. The second kappa shape index (κ2) is 30.9. The molecule has 0 unspecified atom stereocenters. The molecule has 0 fully saturated rings. The van der Waals surface area contributed by atoms with Gasteiger partial charge < -0.3 is 9.84 Å². The molecule has 0 aliphatic rings. The molecule has 0 aromatic heterocycles. The number of esters is 1. The number of hydrogen-bond acceptors (Lipinski definition) is 4. The van der Waals surface area contributed by atoms with E-state index in [4.69, 9.17) is 9.84 Å². The first-order valence-electron chi connectivity index (χ1n) is 13.3. The molecule has 0 saturated heterocycles. The van der Waals surface area contributed by atoms with Gasteiger partial charge in [-0.15, -0.1) is 5.28 Å². The molecule has 0 aromatic rings. The van der Waals surface area contributed by atoms with E-state index in [1.807, 2.05) is 13.8 Å². The monoisotopic (exact) mass is 484 g/mol. The molecule has 0 rings (SSSR count). The highest BCUT2D eigenvalue weighted by atomic mass is 27.0. The van der Waals surface area contributed by atoms with Gasteiger partial charge in [-0.2, -0.15) is 0 Å². The first-order chi connectivity index (χ1) is 15.7. The first kappa shape index (κ1) is 36.5. The molecule has 0 aliphatic carbocycles. The van der Waals surface area contributed by atoms with Gasteiger partial charge in [0.25, 0.3) is 0 Å². The van der Waals surface area contributed by atoms with E-state index in [9.17, 15) is 14.4 Å². The van der Waals surface area contributed by atoms with Gasteiger partial charge in [-0.05, 0) is 52.9 Å². The number of rotatable bonds is 18. The summed E-state index contributed by atoms with van der Waals surface area (Å²) in [5, 5.41) is 9.25. The fourth-order valence-corrected chi connectivity index (χ4v) is 2.87. The SMILES string of the molecule is CC(=O)CC(=O)O.CCCCCCCC/C=C\CCCCCCCC(=O)OC(C)C.C[CH2][AlH2]. The topological polar surface area (TPSA) is 80.7 Å². The van der Waals surface area contributed by atoms with Gasteiger partial charge in [-0.3, -0.25) is 14.4 Å². The minimum absolute atomic E-state index is 0.0191. The summed E-state index contributed by atoms with van der Waals surface area (Å²) in [6.45, 7) is 9.50. The van der Waals surface area contributed by atoms with Gasteiger partial charge in [0.15, 0.2) is 0 Å². The molecular formula is C27H53AlO5. The van der Waals surface area contributed by atoms with Gasteiger partial charge in [0.1, 0.15) is 12.2 Å². The van der Waals surface area contributed by atoms with Crippen LogP contribution in [0.1, 0.15) is 131 Å². The van der Waals surface area contributed by atoms with E-state index in [0.717, 1.165) is 12.8 Å². The van der Waals surface area contributed by atoms with Crippen molar-refractivity contribution in [2.45, 2.75) is 142 Å². The van der Waals surface area contributed by atoms with E-state index in [1.54, 1.807) is 0 Å². The Balaban J connectivity index is -0.000000749. The number of carbonyl (C=O) groups excluding carboxylic acids is 2. The number of Topliss-reactive ketones (excluding diaryl/α,β-unsaturated/α-hetero) is 1. The van der Waals surface area contributed by atoms with Gasteiger partial charge >= 0.3 is 11.9 Å². The lowest BCUT2D eigenvalue weighted by molar-refractivity contribution is -0.147. The van der Waals surface area contributed by atoms with E-state index in [1.165, 1.54) is 99.1 Å². The molecule has 0 aliphatic heterocycles. The molecule has 0 saturated carbocycles. The third-order valence-corrected chi connectivity index (χ3v) is 4.41. The number of carboxylic acid groups (broad SMARTS) is 1. The summed E-state index contributed by atoms with van der Waals surface area (Å²) in [5.74, 6) is -1.42. The van der Waals surface area contributed by atoms with E-state index in [2.05, 4.69) is 26.0 Å². The van der Waals surface area contributed by atoms with Crippen LogP contribution in [0.5, 0.6) is 0 Å². The number of allylic oxidation sites excluding steroid dienone is 2. The van der Waals surface area contributed by atoms with Crippen LogP contribution in [-0.2, 0) is 19.1 Å². The van der Waals surface area contributed by atoms with Crippen LogP contribution in [-0.4, -0.2) is 45.2 Å². The Kier molecular flexibility index (Phi) is 34.1. The van der Waals surface area contributed by atoms with Crippen molar-refractivity contribution in [1.82, 2.24) is 0 Å². The molecule has 0 heterocycles. The van der Waals surface area contributed by atoms with Crippen molar-refractivity contribution in [3.8, 4) is 0 Å². The van der Waals surface area contributed by atoms with Crippen LogP contribution in [0.2, 0.25) is 5.28 Å². The highest BCUT2D eigenvalue weighted by molar-refractivity contribution is 6.08. The molecule has 0 bridgehead atoms.